The van der Waals surface area contributed by atoms with E-state index in [0.717, 1.165) is 44.1 Å². The van der Waals surface area contributed by atoms with Crippen LogP contribution in [0, 0.1) is 17.2 Å². The first-order valence-electron chi connectivity index (χ1n) is 8.75. The van der Waals surface area contributed by atoms with Crippen LogP contribution in [-0.4, -0.2) is 35.0 Å². The van der Waals surface area contributed by atoms with Crippen molar-refractivity contribution in [3.63, 3.8) is 0 Å². The molecule has 128 valence electrons. The summed E-state index contributed by atoms with van der Waals surface area (Å²) in [7, 11) is 0. The van der Waals surface area contributed by atoms with Crippen molar-refractivity contribution in [3.05, 3.63) is 35.6 Å². The van der Waals surface area contributed by atoms with E-state index in [1.807, 2.05) is 11.0 Å². The van der Waals surface area contributed by atoms with Gasteiger partial charge in [0.15, 0.2) is 0 Å². The normalized spacial score (nSPS) is 26.7. The Bertz CT molecular complexity index is 690. The van der Waals surface area contributed by atoms with Crippen LogP contribution in [0.2, 0.25) is 0 Å². The van der Waals surface area contributed by atoms with Gasteiger partial charge in [-0.2, -0.15) is 0 Å². The zero-order chi connectivity index (χ0) is 16.9. The topological polar surface area (TPSA) is 57.6 Å². The van der Waals surface area contributed by atoms with E-state index < -0.39 is 11.4 Å². The minimum Gasteiger partial charge on any atom is -0.481 e. The number of carbonyl (C=O) groups is 2. The second-order valence-corrected chi connectivity index (χ2v) is 7.70. The van der Waals surface area contributed by atoms with Gasteiger partial charge in [0.05, 0.1) is 11.3 Å². The van der Waals surface area contributed by atoms with Crippen LogP contribution >= 0.6 is 0 Å². The highest BCUT2D eigenvalue weighted by Crippen LogP contribution is 2.59. The van der Waals surface area contributed by atoms with E-state index in [1.54, 1.807) is 6.07 Å². The van der Waals surface area contributed by atoms with Crippen molar-refractivity contribution in [3.8, 4) is 0 Å². The third-order valence-electron chi connectivity index (χ3n) is 6.53. The molecular weight excluding hydrogens is 309 g/mol. The summed E-state index contributed by atoms with van der Waals surface area (Å²) in [5.41, 5.74) is 0.144. The summed E-state index contributed by atoms with van der Waals surface area (Å²) in [6.07, 6.45) is 4.83. The number of halogens is 1. The van der Waals surface area contributed by atoms with Crippen LogP contribution in [0.15, 0.2) is 24.3 Å². The third kappa shape index (κ3) is 2.25. The van der Waals surface area contributed by atoms with Gasteiger partial charge in [0.1, 0.15) is 5.82 Å². The number of rotatable bonds is 3. The summed E-state index contributed by atoms with van der Waals surface area (Å²) in [5, 5.41) is 9.18. The molecule has 1 aromatic rings. The van der Waals surface area contributed by atoms with Crippen molar-refractivity contribution in [2.75, 3.05) is 13.1 Å². The number of aliphatic carboxylic acids is 1. The molecule has 0 radical (unpaired) electrons. The monoisotopic (exact) mass is 331 g/mol. The van der Waals surface area contributed by atoms with Crippen LogP contribution in [0.3, 0.4) is 0 Å². The molecule has 4 rings (SSSR count). The highest BCUT2D eigenvalue weighted by molar-refractivity contribution is 5.89. The number of carbonyl (C=O) groups excluding carboxylic acids is 1. The van der Waals surface area contributed by atoms with E-state index in [0.29, 0.717) is 13.1 Å². The summed E-state index contributed by atoms with van der Waals surface area (Å²) in [4.78, 5) is 26.2. The average Bonchev–Trinajstić information content (AvgIpc) is 3.21. The molecule has 1 N–H and O–H groups in total. The largest absolute Gasteiger partial charge is 0.481 e. The predicted octanol–water partition coefficient (Wildman–Crippen LogP) is 2.96. The van der Waals surface area contributed by atoms with Gasteiger partial charge >= 0.3 is 5.97 Å². The second-order valence-electron chi connectivity index (χ2n) is 7.70. The molecule has 1 unspecified atom stereocenters. The fourth-order valence-electron chi connectivity index (χ4n) is 4.65. The molecule has 1 atom stereocenters. The highest BCUT2D eigenvalue weighted by Gasteiger charge is 2.60. The number of likely N-dealkylation sites (tertiary alicyclic amines) is 1. The summed E-state index contributed by atoms with van der Waals surface area (Å²) >= 11 is 0. The number of nitrogens with zero attached hydrogens (tertiary/aromatic N) is 1. The SMILES string of the molecule is O=C(O)C1CC12CCN(C(=O)C1(c3cccc(F)c3)CCC1)CC2. The molecule has 0 aromatic heterocycles. The number of carboxylic acid groups (broad SMARTS) is 1. The van der Waals surface area contributed by atoms with E-state index >= 15 is 0 Å². The number of piperidine rings is 1. The van der Waals surface area contributed by atoms with E-state index in [1.165, 1.54) is 12.1 Å². The maximum Gasteiger partial charge on any atom is 0.307 e. The molecule has 4 nitrogen and oxygen atoms in total. The van der Waals surface area contributed by atoms with Gasteiger partial charge in [-0.05, 0) is 55.2 Å². The van der Waals surface area contributed by atoms with Gasteiger partial charge in [-0.25, -0.2) is 4.39 Å². The molecule has 3 fully saturated rings. The molecule has 1 aliphatic heterocycles. The average molecular weight is 331 g/mol. The second kappa shape index (κ2) is 5.30. The van der Waals surface area contributed by atoms with Gasteiger partial charge in [-0.3, -0.25) is 9.59 Å². The van der Waals surface area contributed by atoms with Crippen LogP contribution in [0.4, 0.5) is 4.39 Å². The van der Waals surface area contributed by atoms with Gasteiger partial charge in [0, 0.05) is 13.1 Å². The Morgan fingerprint density at radius 3 is 2.38 bits per heavy atom. The van der Waals surface area contributed by atoms with Crippen LogP contribution < -0.4 is 0 Å². The van der Waals surface area contributed by atoms with Crippen LogP contribution in [0.5, 0.6) is 0 Å². The maximum absolute atomic E-state index is 13.6. The standard InChI is InChI=1S/C19H22FNO3/c20-14-4-1-3-13(11-14)19(5-2-6-19)17(24)21-9-7-18(8-10-21)12-15(18)16(22)23/h1,3-4,11,15H,2,5-10,12H2,(H,22,23). The molecule has 5 heteroatoms. The van der Waals surface area contributed by atoms with Crippen molar-refractivity contribution >= 4 is 11.9 Å². The van der Waals surface area contributed by atoms with Crippen molar-refractivity contribution in [2.24, 2.45) is 11.3 Å². The predicted molar refractivity (Wildman–Crippen MR) is 85.9 cm³/mol. The highest BCUT2D eigenvalue weighted by atomic mass is 19.1. The fourth-order valence-corrected chi connectivity index (χ4v) is 4.65. The smallest absolute Gasteiger partial charge is 0.307 e. The number of hydrogen-bond donors (Lipinski definition) is 1. The molecule has 1 heterocycles. The van der Waals surface area contributed by atoms with Crippen LogP contribution in [0.25, 0.3) is 0 Å². The summed E-state index contributed by atoms with van der Waals surface area (Å²) < 4.78 is 13.6. The summed E-state index contributed by atoms with van der Waals surface area (Å²) in [5.74, 6) is -1.13. The molecule has 0 bridgehead atoms. The van der Waals surface area contributed by atoms with E-state index in [9.17, 15) is 19.1 Å². The Balaban J connectivity index is 1.49. The van der Waals surface area contributed by atoms with Gasteiger partial charge < -0.3 is 10.0 Å². The van der Waals surface area contributed by atoms with Crippen molar-refractivity contribution in [1.82, 2.24) is 4.90 Å². The van der Waals surface area contributed by atoms with E-state index in [4.69, 9.17) is 0 Å². The number of hydrogen-bond acceptors (Lipinski definition) is 2. The molecule has 3 aliphatic rings. The van der Waals surface area contributed by atoms with Crippen LogP contribution in [0.1, 0.15) is 44.1 Å². The molecule has 1 spiro atoms. The van der Waals surface area contributed by atoms with E-state index in [2.05, 4.69) is 0 Å². The lowest BCUT2D eigenvalue weighted by atomic mass is 9.63. The minimum atomic E-state index is -0.704. The molecule has 1 saturated heterocycles. The summed E-state index contributed by atoms with van der Waals surface area (Å²) in [6.45, 7) is 1.25. The van der Waals surface area contributed by atoms with Crippen molar-refractivity contribution in [2.45, 2.75) is 43.9 Å². The molecule has 1 aromatic carbocycles. The van der Waals surface area contributed by atoms with Gasteiger partial charge in [-0.1, -0.05) is 18.6 Å². The first kappa shape index (κ1) is 15.6. The summed E-state index contributed by atoms with van der Waals surface area (Å²) in [6, 6.07) is 6.42. The number of amides is 1. The lowest BCUT2D eigenvalue weighted by Gasteiger charge is -2.45. The van der Waals surface area contributed by atoms with Gasteiger partial charge in [0.2, 0.25) is 5.91 Å². The third-order valence-corrected chi connectivity index (χ3v) is 6.53. The van der Waals surface area contributed by atoms with Gasteiger partial charge in [-0.15, -0.1) is 0 Å². The van der Waals surface area contributed by atoms with Crippen molar-refractivity contribution < 1.29 is 19.1 Å². The van der Waals surface area contributed by atoms with Crippen molar-refractivity contribution in [1.29, 1.82) is 0 Å². The first-order valence-corrected chi connectivity index (χ1v) is 8.75. The Morgan fingerprint density at radius 1 is 1.17 bits per heavy atom. The molecule has 24 heavy (non-hydrogen) atoms. The Hall–Kier alpha value is -1.91. The minimum absolute atomic E-state index is 0.0752. The molecule has 2 aliphatic carbocycles. The lowest BCUT2D eigenvalue weighted by molar-refractivity contribution is -0.143. The molecule has 1 amide bonds. The lowest BCUT2D eigenvalue weighted by Crippen LogP contribution is -2.53. The Labute approximate surface area is 140 Å². The Morgan fingerprint density at radius 2 is 1.88 bits per heavy atom. The number of benzene rings is 1. The molecular formula is C19H22FNO3. The first-order chi connectivity index (χ1) is 11.5. The van der Waals surface area contributed by atoms with E-state index in [-0.39, 0.29) is 23.1 Å². The number of carboxylic acids is 1. The quantitative estimate of drug-likeness (QED) is 0.926. The fraction of sp³-hybridized carbons (Fsp3) is 0.579. The van der Waals surface area contributed by atoms with Gasteiger partial charge in [0.25, 0.3) is 0 Å². The van der Waals surface area contributed by atoms with Crippen LogP contribution in [-0.2, 0) is 15.0 Å². The zero-order valence-corrected chi connectivity index (χ0v) is 13.6. The Kier molecular flexibility index (Phi) is 3.44. The maximum atomic E-state index is 13.6. The zero-order valence-electron chi connectivity index (χ0n) is 13.6. The molecule has 2 saturated carbocycles.